The molecular formula is C15H24N2O4. The first kappa shape index (κ1) is 15.9. The third kappa shape index (κ3) is 3.81. The second-order valence-electron chi connectivity index (χ2n) is 5.77. The number of hydrogen-bond acceptors (Lipinski definition) is 5. The Morgan fingerprint density at radius 2 is 2.14 bits per heavy atom. The third-order valence-corrected chi connectivity index (χ3v) is 4.49. The monoisotopic (exact) mass is 296 g/mol. The molecule has 1 aromatic rings. The van der Waals surface area contributed by atoms with Crippen molar-refractivity contribution < 1.29 is 19.2 Å². The zero-order valence-electron chi connectivity index (χ0n) is 12.8. The normalized spacial score (nSPS) is 19.6. The first-order valence-corrected chi connectivity index (χ1v) is 7.76. The van der Waals surface area contributed by atoms with Crippen LogP contribution in [0.15, 0.2) is 4.52 Å². The summed E-state index contributed by atoms with van der Waals surface area (Å²) in [6.45, 7) is 4.55. The van der Waals surface area contributed by atoms with Gasteiger partial charge in [-0.3, -0.25) is 4.79 Å². The van der Waals surface area contributed by atoms with Gasteiger partial charge in [-0.15, -0.1) is 0 Å². The lowest BCUT2D eigenvalue weighted by atomic mass is 9.79. The molecule has 0 saturated carbocycles. The predicted molar refractivity (Wildman–Crippen MR) is 75.9 cm³/mol. The molecule has 1 N–H and O–H groups in total. The lowest BCUT2D eigenvalue weighted by molar-refractivity contribution is -0.149. The number of ether oxygens (including phenoxy) is 1. The zero-order valence-corrected chi connectivity index (χ0v) is 12.8. The minimum Gasteiger partial charge on any atom is -0.481 e. The van der Waals surface area contributed by atoms with Crippen molar-refractivity contribution in [3.8, 4) is 0 Å². The van der Waals surface area contributed by atoms with Crippen LogP contribution in [0.4, 0.5) is 0 Å². The van der Waals surface area contributed by atoms with Crippen molar-refractivity contribution in [2.75, 3.05) is 6.61 Å². The molecule has 1 aromatic heterocycles. The van der Waals surface area contributed by atoms with E-state index in [1.54, 1.807) is 0 Å². The van der Waals surface area contributed by atoms with Crippen LogP contribution in [0.1, 0.15) is 57.7 Å². The molecule has 1 saturated heterocycles. The van der Waals surface area contributed by atoms with E-state index in [2.05, 4.69) is 10.1 Å². The van der Waals surface area contributed by atoms with Crippen LogP contribution < -0.4 is 0 Å². The number of carboxylic acid groups (broad SMARTS) is 1. The Morgan fingerprint density at radius 1 is 1.38 bits per heavy atom. The van der Waals surface area contributed by atoms with E-state index in [0.717, 1.165) is 19.4 Å². The van der Waals surface area contributed by atoms with Crippen LogP contribution in [0.2, 0.25) is 0 Å². The molecule has 21 heavy (non-hydrogen) atoms. The van der Waals surface area contributed by atoms with Crippen molar-refractivity contribution in [1.29, 1.82) is 0 Å². The number of aromatic nitrogens is 2. The highest BCUT2D eigenvalue weighted by Crippen LogP contribution is 2.31. The maximum atomic E-state index is 11.5. The Hall–Kier alpha value is -1.43. The van der Waals surface area contributed by atoms with Crippen molar-refractivity contribution >= 4 is 5.97 Å². The molecule has 2 heterocycles. The molecule has 2 rings (SSSR count). The SMILES string of the molecule is CCC(CC)(Cc1nc(CC2CCCCO2)no1)C(=O)O. The standard InChI is InChI=1S/C15H24N2O4/c1-3-15(4-2,14(18)19)10-13-16-12(17-21-13)9-11-7-5-6-8-20-11/h11H,3-10H2,1-2H3,(H,18,19). The third-order valence-electron chi connectivity index (χ3n) is 4.49. The molecule has 0 bridgehead atoms. The van der Waals surface area contributed by atoms with E-state index in [0.29, 0.717) is 31.0 Å². The van der Waals surface area contributed by atoms with Gasteiger partial charge in [0.05, 0.1) is 11.5 Å². The Balaban J connectivity index is 2.00. The largest absolute Gasteiger partial charge is 0.481 e. The van der Waals surface area contributed by atoms with Crippen LogP contribution in [-0.4, -0.2) is 33.9 Å². The van der Waals surface area contributed by atoms with Crippen molar-refractivity contribution in [3.05, 3.63) is 11.7 Å². The summed E-state index contributed by atoms with van der Waals surface area (Å²) < 4.78 is 10.9. The summed E-state index contributed by atoms with van der Waals surface area (Å²) in [6, 6.07) is 0. The van der Waals surface area contributed by atoms with Crippen LogP contribution in [-0.2, 0) is 22.4 Å². The van der Waals surface area contributed by atoms with Crippen LogP contribution in [0, 0.1) is 5.41 Å². The maximum Gasteiger partial charge on any atom is 0.310 e. The molecule has 0 radical (unpaired) electrons. The van der Waals surface area contributed by atoms with Crippen LogP contribution >= 0.6 is 0 Å². The Bertz CT molecular complexity index is 462. The topological polar surface area (TPSA) is 85.5 Å². The summed E-state index contributed by atoms with van der Waals surface area (Å²) >= 11 is 0. The second kappa shape index (κ2) is 7.02. The van der Waals surface area contributed by atoms with Crippen molar-refractivity contribution in [3.63, 3.8) is 0 Å². The van der Waals surface area contributed by atoms with Crippen molar-refractivity contribution in [1.82, 2.24) is 10.1 Å². The number of rotatable bonds is 7. The molecular weight excluding hydrogens is 272 g/mol. The van der Waals surface area contributed by atoms with Crippen molar-refractivity contribution in [2.45, 2.75) is 64.9 Å². The van der Waals surface area contributed by atoms with Gasteiger partial charge in [0.1, 0.15) is 0 Å². The minimum atomic E-state index is -0.814. The van der Waals surface area contributed by atoms with Crippen molar-refractivity contribution in [2.24, 2.45) is 5.41 Å². The highest BCUT2D eigenvalue weighted by molar-refractivity contribution is 5.74. The smallest absolute Gasteiger partial charge is 0.310 e. The number of carboxylic acids is 1. The van der Waals surface area contributed by atoms with E-state index in [1.807, 2.05) is 13.8 Å². The fourth-order valence-electron chi connectivity index (χ4n) is 2.78. The zero-order chi connectivity index (χ0) is 15.3. The van der Waals surface area contributed by atoms with Gasteiger partial charge in [0, 0.05) is 19.4 Å². The lowest BCUT2D eigenvalue weighted by Crippen LogP contribution is -2.32. The fourth-order valence-corrected chi connectivity index (χ4v) is 2.78. The summed E-state index contributed by atoms with van der Waals surface area (Å²) in [5.41, 5.74) is -0.814. The predicted octanol–water partition coefficient (Wildman–Crippen LogP) is 2.61. The van der Waals surface area contributed by atoms with Gasteiger partial charge in [-0.05, 0) is 32.1 Å². The van der Waals surface area contributed by atoms with Crippen LogP contribution in [0.5, 0.6) is 0 Å². The Kier molecular flexibility index (Phi) is 5.33. The highest BCUT2D eigenvalue weighted by Gasteiger charge is 2.37. The van der Waals surface area contributed by atoms with Gasteiger partial charge in [0.2, 0.25) is 5.89 Å². The van der Waals surface area contributed by atoms with Gasteiger partial charge in [-0.2, -0.15) is 4.98 Å². The summed E-state index contributed by atoms with van der Waals surface area (Å²) in [6.07, 6.45) is 5.48. The lowest BCUT2D eigenvalue weighted by Gasteiger charge is -2.24. The quantitative estimate of drug-likeness (QED) is 0.832. The highest BCUT2D eigenvalue weighted by atomic mass is 16.5. The van der Waals surface area contributed by atoms with E-state index in [4.69, 9.17) is 9.26 Å². The number of nitrogens with zero attached hydrogens (tertiary/aromatic N) is 2. The molecule has 0 aromatic carbocycles. The molecule has 1 aliphatic heterocycles. The number of hydrogen-bond donors (Lipinski definition) is 1. The van der Waals surface area contributed by atoms with Gasteiger partial charge in [0.15, 0.2) is 5.82 Å². The molecule has 1 fully saturated rings. The number of carbonyl (C=O) groups is 1. The van der Waals surface area contributed by atoms with Gasteiger partial charge in [0.25, 0.3) is 0 Å². The Labute approximate surface area is 124 Å². The van der Waals surface area contributed by atoms with E-state index in [-0.39, 0.29) is 12.5 Å². The van der Waals surface area contributed by atoms with Gasteiger partial charge in [-0.25, -0.2) is 0 Å². The summed E-state index contributed by atoms with van der Waals surface area (Å²) in [5, 5.41) is 13.4. The van der Waals surface area contributed by atoms with E-state index < -0.39 is 11.4 Å². The van der Waals surface area contributed by atoms with Gasteiger partial charge in [-0.1, -0.05) is 19.0 Å². The molecule has 6 heteroatoms. The number of aliphatic carboxylic acids is 1. The summed E-state index contributed by atoms with van der Waals surface area (Å²) in [5.74, 6) is 0.221. The molecule has 0 amide bonds. The molecule has 1 atom stereocenters. The van der Waals surface area contributed by atoms with Gasteiger partial charge >= 0.3 is 5.97 Å². The molecule has 6 nitrogen and oxygen atoms in total. The van der Waals surface area contributed by atoms with E-state index in [1.165, 1.54) is 6.42 Å². The molecule has 1 unspecified atom stereocenters. The molecule has 1 aliphatic rings. The summed E-state index contributed by atoms with van der Waals surface area (Å²) in [7, 11) is 0. The maximum absolute atomic E-state index is 11.5. The molecule has 0 aliphatic carbocycles. The van der Waals surface area contributed by atoms with Gasteiger partial charge < -0.3 is 14.4 Å². The molecule has 0 spiro atoms. The fraction of sp³-hybridized carbons (Fsp3) is 0.800. The van der Waals surface area contributed by atoms with Crippen LogP contribution in [0.3, 0.4) is 0 Å². The minimum absolute atomic E-state index is 0.158. The molecule has 118 valence electrons. The first-order chi connectivity index (χ1) is 10.1. The second-order valence-corrected chi connectivity index (χ2v) is 5.77. The van der Waals surface area contributed by atoms with Crippen LogP contribution in [0.25, 0.3) is 0 Å². The van der Waals surface area contributed by atoms with E-state index >= 15 is 0 Å². The summed E-state index contributed by atoms with van der Waals surface area (Å²) in [4.78, 5) is 15.8. The Morgan fingerprint density at radius 3 is 2.71 bits per heavy atom. The first-order valence-electron chi connectivity index (χ1n) is 7.76. The average molecular weight is 296 g/mol. The van der Waals surface area contributed by atoms with E-state index in [9.17, 15) is 9.90 Å². The average Bonchev–Trinajstić information content (AvgIpc) is 2.92.